The summed E-state index contributed by atoms with van der Waals surface area (Å²) in [6, 6.07) is 6.08. The van der Waals surface area contributed by atoms with Crippen LogP contribution in [0, 0.1) is 6.92 Å². The number of methoxy groups -OCH3 is 3. The summed E-state index contributed by atoms with van der Waals surface area (Å²) in [5.41, 5.74) is 2.51. The smallest absolute Gasteiger partial charge is 0.227 e. The van der Waals surface area contributed by atoms with Crippen molar-refractivity contribution >= 4 is 28.1 Å². The zero-order valence-corrected chi connectivity index (χ0v) is 17.6. The summed E-state index contributed by atoms with van der Waals surface area (Å²) in [4.78, 5) is 14.7. The number of rotatable bonds is 8. The quantitative estimate of drug-likeness (QED) is 0.566. The summed E-state index contributed by atoms with van der Waals surface area (Å²) in [6.45, 7) is 2.00. The summed E-state index contributed by atoms with van der Waals surface area (Å²) >= 11 is 1.62. The third-order valence-electron chi connectivity index (χ3n) is 4.51. The molecular formula is C20H23N5O3S. The Morgan fingerprint density at radius 2 is 1.76 bits per heavy atom. The molecule has 0 bridgehead atoms. The van der Waals surface area contributed by atoms with E-state index in [1.807, 2.05) is 25.1 Å². The molecule has 1 aliphatic carbocycles. The highest BCUT2D eigenvalue weighted by Gasteiger charge is 2.23. The van der Waals surface area contributed by atoms with Crippen LogP contribution in [-0.2, 0) is 0 Å². The van der Waals surface area contributed by atoms with Crippen LogP contribution in [0.1, 0.15) is 18.5 Å². The maximum Gasteiger partial charge on any atom is 0.227 e. The van der Waals surface area contributed by atoms with Crippen LogP contribution in [0.5, 0.6) is 17.2 Å². The highest BCUT2D eigenvalue weighted by molar-refractivity contribution is 7.19. The highest BCUT2D eigenvalue weighted by Crippen LogP contribution is 2.40. The molecule has 9 heteroatoms. The second kappa shape index (κ2) is 8.12. The Labute approximate surface area is 173 Å². The maximum atomic E-state index is 5.41. The highest BCUT2D eigenvalue weighted by atomic mass is 32.1. The van der Waals surface area contributed by atoms with Crippen LogP contribution in [0.4, 0.5) is 16.8 Å². The Hall–Kier alpha value is -3.07. The van der Waals surface area contributed by atoms with Crippen molar-refractivity contribution in [3.8, 4) is 27.8 Å². The lowest BCUT2D eigenvalue weighted by Crippen LogP contribution is -2.00. The Morgan fingerprint density at radius 1 is 1.03 bits per heavy atom. The first-order valence-electron chi connectivity index (χ1n) is 9.25. The lowest BCUT2D eigenvalue weighted by atomic mass is 10.2. The number of benzene rings is 1. The molecule has 29 heavy (non-hydrogen) atoms. The first-order chi connectivity index (χ1) is 14.1. The summed E-state index contributed by atoms with van der Waals surface area (Å²) in [7, 11) is 4.74. The molecule has 0 spiro atoms. The fourth-order valence-electron chi connectivity index (χ4n) is 2.93. The SMILES string of the molecule is COc1cc(Nc2nccc(-c3sc(NC4CC4)nc3C)n2)cc(OC)c1OC. The van der Waals surface area contributed by atoms with E-state index in [2.05, 4.69) is 25.6 Å². The second-order valence-corrected chi connectivity index (χ2v) is 7.66. The predicted molar refractivity (Wildman–Crippen MR) is 114 cm³/mol. The van der Waals surface area contributed by atoms with Gasteiger partial charge in [0.15, 0.2) is 16.6 Å². The van der Waals surface area contributed by atoms with E-state index in [-0.39, 0.29) is 0 Å². The van der Waals surface area contributed by atoms with Crippen LogP contribution in [0.15, 0.2) is 24.4 Å². The average Bonchev–Trinajstić information content (AvgIpc) is 3.47. The molecular weight excluding hydrogens is 390 g/mol. The van der Waals surface area contributed by atoms with Crippen LogP contribution in [0.3, 0.4) is 0 Å². The van der Waals surface area contributed by atoms with Crippen molar-refractivity contribution in [2.45, 2.75) is 25.8 Å². The van der Waals surface area contributed by atoms with Crippen LogP contribution in [0.25, 0.3) is 10.6 Å². The molecule has 2 aromatic heterocycles. The van der Waals surface area contributed by atoms with Gasteiger partial charge in [-0.3, -0.25) is 0 Å². The Morgan fingerprint density at radius 3 is 2.38 bits per heavy atom. The van der Waals surface area contributed by atoms with Gasteiger partial charge in [0, 0.05) is 30.1 Å². The summed E-state index contributed by atoms with van der Waals surface area (Å²) in [5.74, 6) is 2.12. The number of hydrogen-bond acceptors (Lipinski definition) is 9. The van der Waals surface area contributed by atoms with Gasteiger partial charge < -0.3 is 24.8 Å². The van der Waals surface area contributed by atoms with Crippen molar-refractivity contribution in [3.63, 3.8) is 0 Å². The van der Waals surface area contributed by atoms with Crippen LogP contribution in [-0.4, -0.2) is 42.3 Å². The minimum absolute atomic E-state index is 0.473. The second-order valence-electron chi connectivity index (χ2n) is 6.66. The van der Waals surface area contributed by atoms with Gasteiger partial charge in [-0.1, -0.05) is 11.3 Å². The Bertz CT molecular complexity index is 994. The van der Waals surface area contributed by atoms with Crippen molar-refractivity contribution in [2.24, 2.45) is 0 Å². The zero-order valence-electron chi connectivity index (χ0n) is 16.8. The number of nitrogens with zero attached hydrogens (tertiary/aromatic N) is 3. The number of ether oxygens (including phenoxy) is 3. The molecule has 0 aliphatic heterocycles. The number of anilines is 3. The first kappa shape index (κ1) is 19.3. The Kier molecular flexibility index (Phi) is 5.39. The first-order valence-corrected chi connectivity index (χ1v) is 10.1. The van der Waals surface area contributed by atoms with E-state index < -0.39 is 0 Å². The molecule has 0 atom stereocenters. The van der Waals surface area contributed by atoms with Crippen molar-refractivity contribution in [2.75, 3.05) is 32.0 Å². The molecule has 0 saturated heterocycles. The van der Waals surface area contributed by atoms with Gasteiger partial charge in [-0.05, 0) is 25.8 Å². The van der Waals surface area contributed by atoms with E-state index in [0.29, 0.717) is 29.2 Å². The predicted octanol–water partition coefficient (Wildman–Crippen LogP) is 4.25. The van der Waals surface area contributed by atoms with Crippen molar-refractivity contribution < 1.29 is 14.2 Å². The minimum atomic E-state index is 0.473. The fourth-order valence-corrected chi connectivity index (χ4v) is 3.94. The van der Waals surface area contributed by atoms with Crippen molar-refractivity contribution in [3.05, 3.63) is 30.1 Å². The van der Waals surface area contributed by atoms with Gasteiger partial charge in [0.1, 0.15) is 0 Å². The van der Waals surface area contributed by atoms with Gasteiger partial charge in [-0.15, -0.1) is 0 Å². The standard InChI is InChI=1S/C20H23N5O3S/c1-11-18(29-20(22-11)24-12-5-6-12)14-7-8-21-19(25-14)23-13-9-15(26-2)17(28-4)16(10-13)27-3/h7-10,12H,5-6H2,1-4H3,(H,22,24)(H,21,23,25). The number of aromatic nitrogens is 3. The summed E-state index contributed by atoms with van der Waals surface area (Å²) in [6.07, 6.45) is 4.16. The molecule has 1 fully saturated rings. The molecule has 1 saturated carbocycles. The third kappa shape index (κ3) is 4.19. The molecule has 0 amide bonds. The van der Waals surface area contributed by atoms with E-state index in [1.54, 1.807) is 38.9 Å². The monoisotopic (exact) mass is 413 g/mol. The number of nitrogens with one attached hydrogen (secondary N) is 2. The maximum absolute atomic E-state index is 5.41. The fraction of sp³-hybridized carbons (Fsp3) is 0.350. The van der Waals surface area contributed by atoms with E-state index >= 15 is 0 Å². The third-order valence-corrected chi connectivity index (χ3v) is 5.62. The van der Waals surface area contributed by atoms with E-state index in [0.717, 1.165) is 27.1 Å². The Balaban J connectivity index is 1.60. The van der Waals surface area contributed by atoms with Crippen molar-refractivity contribution in [1.29, 1.82) is 0 Å². The summed E-state index contributed by atoms with van der Waals surface area (Å²) < 4.78 is 16.2. The molecule has 2 heterocycles. The number of hydrogen-bond donors (Lipinski definition) is 2. The zero-order chi connectivity index (χ0) is 20.4. The van der Waals surface area contributed by atoms with Gasteiger partial charge >= 0.3 is 0 Å². The molecule has 1 aliphatic rings. The molecule has 3 aromatic rings. The lowest BCUT2D eigenvalue weighted by Gasteiger charge is -2.14. The molecule has 8 nitrogen and oxygen atoms in total. The average molecular weight is 414 g/mol. The number of thiazole rings is 1. The molecule has 1 aromatic carbocycles. The normalized spacial score (nSPS) is 13.1. The van der Waals surface area contributed by atoms with Crippen LogP contribution in [0.2, 0.25) is 0 Å². The van der Waals surface area contributed by atoms with Gasteiger partial charge in [0.2, 0.25) is 11.7 Å². The van der Waals surface area contributed by atoms with E-state index in [9.17, 15) is 0 Å². The topological polar surface area (TPSA) is 90.4 Å². The van der Waals surface area contributed by atoms with Crippen molar-refractivity contribution in [1.82, 2.24) is 15.0 Å². The van der Waals surface area contributed by atoms with Gasteiger partial charge in [-0.2, -0.15) is 0 Å². The van der Waals surface area contributed by atoms with Gasteiger partial charge in [0.05, 0.1) is 37.6 Å². The molecule has 0 radical (unpaired) electrons. The lowest BCUT2D eigenvalue weighted by molar-refractivity contribution is 0.324. The van der Waals surface area contributed by atoms with E-state index in [4.69, 9.17) is 14.2 Å². The van der Waals surface area contributed by atoms with Crippen LogP contribution < -0.4 is 24.8 Å². The molecule has 2 N–H and O–H groups in total. The minimum Gasteiger partial charge on any atom is -0.493 e. The van der Waals surface area contributed by atoms with Crippen LogP contribution >= 0.6 is 11.3 Å². The largest absolute Gasteiger partial charge is 0.493 e. The summed E-state index contributed by atoms with van der Waals surface area (Å²) in [5, 5.41) is 7.60. The molecule has 4 rings (SSSR count). The van der Waals surface area contributed by atoms with Gasteiger partial charge in [0.25, 0.3) is 0 Å². The van der Waals surface area contributed by atoms with E-state index in [1.165, 1.54) is 12.8 Å². The molecule has 0 unspecified atom stereocenters. The van der Waals surface area contributed by atoms with Gasteiger partial charge in [-0.25, -0.2) is 15.0 Å². The number of aryl methyl sites for hydroxylation is 1. The molecule has 152 valence electrons.